The SMILES string of the molecule is CCCCC(CCC)CNC(=NC)N1CCC2(CCOC2)C1.I. The lowest BCUT2D eigenvalue weighted by atomic mass is 9.87. The molecule has 4 nitrogen and oxygen atoms in total. The normalized spacial score (nSPS) is 25.7. The molecule has 0 amide bonds. The van der Waals surface area contributed by atoms with Crippen LogP contribution in [0.1, 0.15) is 58.8 Å². The third kappa shape index (κ3) is 6.07. The van der Waals surface area contributed by atoms with E-state index in [0.717, 1.165) is 44.7 Å². The van der Waals surface area contributed by atoms with Crippen molar-refractivity contribution in [1.29, 1.82) is 0 Å². The van der Waals surface area contributed by atoms with Gasteiger partial charge < -0.3 is 15.0 Å². The Hall–Kier alpha value is -0.0400. The van der Waals surface area contributed by atoms with E-state index in [9.17, 15) is 0 Å². The molecule has 1 N–H and O–H groups in total. The zero-order chi connectivity index (χ0) is 15.8. The third-order valence-corrected chi connectivity index (χ3v) is 5.35. The first-order valence-electron chi connectivity index (χ1n) is 9.26. The van der Waals surface area contributed by atoms with Gasteiger partial charge in [-0.3, -0.25) is 4.99 Å². The largest absolute Gasteiger partial charge is 0.381 e. The van der Waals surface area contributed by atoms with Crippen molar-refractivity contribution < 1.29 is 4.74 Å². The summed E-state index contributed by atoms with van der Waals surface area (Å²) in [6, 6.07) is 0. The Labute approximate surface area is 159 Å². The number of rotatable bonds is 7. The van der Waals surface area contributed by atoms with Crippen LogP contribution in [0.15, 0.2) is 4.99 Å². The van der Waals surface area contributed by atoms with Crippen LogP contribution in [-0.2, 0) is 4.74 Å². The van der Waals surface area contributed by atoms with Crippen LogP contribution in [0.2, 0.25) is 0 Å². The van der Waals surface area contributed by atoms with E-state index in [1.807, 2.05) is 7.05 Å². The summed E-state index contributed by atoms with van der Waals surface area (Å²) in [5.74, 6) is 1.88. The van der Waals surface area contributed by atoms with Gasteiger partial charge in [-0.15, -0.1) is 24.0 Å². The molecule has 0 aromatic heterocycles. The topological polar surface area (TPSA) is 36.9 Å². The molecular weight excluding hydrogens is 401 g/mol. The lowest BCUT2D eigenvalue weighted by molar-refractivity contribution is 0.156. The quantitative estimate of drug-likeness (QED) is 0.373. The first-order chi connectivity index (χ1) is 10.7. The highest BCUT2D eigenvalue weighted by Gasteiger charge is 2.42. The van der Waals surface area contributed by atoms with Gasteiger partial charge in [-0.05, 0) is 31.6 Å². The molecule has 2 atom stereocenters. The van der Waals surface area contributed by atoms with Gasteiger partial charge >= 0.3 is 0 Å². The Kier molecular flexibility index (Phi) is 9.82. The number of likely N-dealkylation sites (tertiary alicyclic amines) is 1. The summed E-state index contributed by atoms with van der Waals surface area (Å²) in [5, 5.41) is 3.65. The smallest absolute Gasteiger partial charge is 0.193 e. The number of aliphatic imine (C=N–C) groups is 1. The first-order valence-corrected chi connectivity index (χ1v) is 9.26. The zero-order valence-electron chi connectivity index (χ0n) is 15.3. The van der Waals surface area contributed by atoms with Crippen molar-refractivity contribution in [3.05, 3.63) is 0 Å². The van der Waals surface area contributed by atoms with Gasteiger partial charge in [0.1, 0.15) is 0 Å². The maximum atomic E-state index is 5.63. The minimum absolute atomic E-state index is 0. The number of ether oxygens (including phenoxy) is 1. The predicted octanol–water partition coefficient (Wildman–Crippen LogP) is 3.90. The van der Waals surface area contributed by atoms with Gasteiger partial charge in [-0.2, -0.15) is 0 Å². The van der Waals surface area contributed by atoms with E-state index in [0.29, 0.717) is 5.41 Å². The highest BCUT2D eigenvalue weighted by molar-refractivity contribution is 14.0. The third-order valence-electron chi connectivity index (χ3n) is 5.35. The standard InChI is InChI=1S/C18H35N3O.HI/c1-4-6-8-16(7-5-2)13-20-17(19-3)21-11-9-18(14-21)10-12-22-15-18;/h16H,4-15H2,1-3H3,(H,19,20);1H. The Morgan fingerprint density at radius 2 is 2.09 bits per heavy atom. The monoisotopic (exact) mass is 437 g/mol. The molecule has 2 fully saturated rings. The van der Waals surface area contributed by atoms with Crippen LogP contribution < -0.4 is 5.32 Å². The lowest BCUT2D eigenvalue weighted by Crippen LogP contribution is -2.43. The van der Waals surface area contributed by atoms with Crippen LogP contribution in [0, 0.1) is 11.3 Å². The Balaban J connectivity index is 0.00000264. The van der Waals surface area contributed by atoms with Gasteiger partial charge in [0.25, 0.3) is 0 Å². The first kappa shape index (κ1) is 21.0. The summed E-state index contributed by atoms with van der Waals surface area (Å²) in [5.41, 5.74) is 0.405. The summed E-state index contributed by atoms with van der Waals surface area (Å²) in [4.78, 5) is 6.97. The second-order valence-corrected chi connectivity index (χ2v) is 7.20. The van der Waals surface area contributed by atoms with Crippen molar-refractivity contribution in [3.63, 3.8) is 0 Å². The van der Waals surface area contributed by atoms with E-state index in [2.05, 4.69) is 29.1 Å². The average molecular weight is 437 g/mol. The molecule has 0 aromatic rings. The molecule has 0 saturated carbocycles. The van der Waals surface area contributed by atoms with Crippen LogP contribution in [0.5, 0.6) is 0 Å². The average Bonchev–Trinajstić information content (AvgIpc) is 3.16. The van der Waals surface area contributed by atoms with Crippen LogP contribution in [0.25, 0.3) is 0 Å². The lowest BCUT2D eigenvalue weighted by Gasteiger charge is -2.26. The highest BCUT2D eigenvalue weighted by atomic mass is 127. The van der Waals surface area contributed by atoms with E-state index in [4.69, 9.17) is 4.74 Å². The molecule has 136 valence electrons. The fourth-order valence-electron chi connectivity index (χ4n) is 3.90. The Morgan fingerprint density at radius 3 is 2.70 bits per heavy atom. The van der Waals surface area contributed by atoms with Crippen molar-refractivity contribution in [2.24, 2.45) is 16.3 Å². The van der Waals surface area contributed by atoms with Crippen molar-refractivity contribution in [2.45, 2.75) is 58.8 Å². The van der Waals surface area contributed by atoms with E-state index in [1.54, 1.807) is 0 Å². The second kappa shape index (κ2) is 10.7. The number of guanidine groups is 1. The molecule has 23 heavy (non-hydrogen) atoms. The van der Waals surface area contributed by atoms with Gasteiger partial charge in [0.05, 0.1) is 6.61 Å². The molecule has 2 rings (SSSR count). The number of hydrogen-bond acceptors (Lipinski definition) is 2. The van der Waals surface area contributed by atoms with Crippen LogP contribution in [0.3, 0.4) is 0 Å². The van der Waals surface area contributed by atoms with Crippen LogP contribution in [-0.4, -0.2) is 50.8 Å². The van der Waals surface area contributed by atoms with Gasteiger partial charge in [0, 0.05) is 38.7 Å². The summed E-state index contributed by atoms with van der Waals surface area (Å²) in [7, 11) is 1.92. The molecule has 2 aliphatic rings. The molecule has 2 aliphatic heterocycles. The molecule has 0 aliphatic carbocycles. The molecule has 1 spiro atoms. The van der Waals surface area contributed by atoms with Crippen molar-refractivity contribution in [2.75, 3.05) is 39.9 Å². The van der Waals surface area contributed by atoms with Crippen molar-refractivity contribution in [1.82, 2.24) is 10.2 Å². The van der Waals surface area contributed by atoms with Gasteiger partial charge in [-0.1, -0.05) is 33.1 Å². The minimum atomic E-state index is 0. The molecule has 2 heterocycles. The van der Waals surface area contributed by atoms with Gasteiger partial charge in [0.2, 0.25) is 0 Å². The number of nitrogens with one attached hydrogen (secondary N) is 1. The molecule has 0 radical (unpaired) electrons. The number of nitrogens with zero attached hydrogens (tertiary/aromatic N) is 2. The number of hydrogen-bond donors (Lipinski definition) is 1. The van der Waals surface area contributed by atoms with Crippen molar-refractivity contribution in [3.8, 4) is 0 Å². The zero-order valence-corrected chi connectivity index (χ0v) is 17.6. The highest BCUT2D eigenvalue weighted by Crippen LogP contribution is 2.38. The molecule has 0 aromatic carbocycles. The molecule has 0 bridgehead atoms. The Bertz CT molecular complexity index is 356. The summed E-state index contributed by atoms with van der Waals surface area (Å²) < 4.78 is 5.63. The van der Waals surface area contributed by atoms with Gasteiger partial charge in [-0.25, -0.2) is 0 Å². The molecule has 5 heteroatoms. The fourth-order valence-corrected chi connectivity index (χ4v) is 3.90. The molecular formula is C18H36IN3O. The van der Waals surface area contributed by atoms with E-state index < -0.39 is 0 Å². The van der Waals surface area contributed by atoms with Gasteiger partial charge in [0.15, 0.2) is 5.96 Å². The summed E-state index contributed by atoms with van der Waals surface area (Å²) >= 11 is 0. The predicted molar refractivity (Wildman–Crippen MR) is 109 cm³/mol. The number of halogens is 1. The molecule has 2 saturated heterocycles. The maximum Gasteiger partial charge on any atom is 0.193 e. The Morgan fingerprint density at radius 1 is 1.26 bits per heavy atom. The molecule has 2 unspecified atom stereocenters. The fraction of sp³-hybridized carbons (Fsp3) is 0.944. The summed E-state index contributed by atoms with van der Waals surface area (Å²) in [6.07, 6.45) is 9.04. The second-order valence-electron chi connectivity index (χ2n) is 7.20. The van der Waals surface area contributed by atoms with E-state index in [-0.39, 0.29) is 24.0 Å². The van der Waals surface area contributed by atoms with E-state index in [1.165, 1.54) is 44.9 Å². The minimum Gasteiger partial charge on any atom is -0.381 e. The van der Waals surface area contributed by atoms with Crippen LogP contribution in [0.4, 0.5) is 0 Å². The van der Waals surface area contributed by atoms with Crippen molar-refractivity contribution >= 4 is 29.9 Å². The summed E-state index contributed by atoms with van der Waals surface area (Å²) in [6.45, 7) is 9.75. The van der Waals surface area contributed by atoms with Crippen LogP contribution >= 0.6 is 24.0 Å². The van der Waals surface area contributed by atoms with E-state index >= 15 is 0 Å². The number of unbranched alkanes of at least 4 members (excludes halogenated alkanes) is 1. The maximum absolute atomic E-state index is 5.63.